The number of nitrogens with zero attached hydrogens (tertiary/aromatic N) is 1. The van der Waals surface area contributed by atoms with Crippen molar-refractivity contribution in [3.8, 4) is 0 Å². The van der Waals surface area contributed by atoms with Crippen molar-refractivity contribution in [3.05, 3.63) is 68.6 Å². The third-order valence-corrected chi connectivity index (χ3v) is 3.18. The minimum atomic E-state index is -0.314. The number of carbonyl (C=O) groups excluding carboxylic acids is 1. The van der Waals surface area contributed by atoms with Crippen LogP contribution in [0.25, 0.3) is 0 Å². The Hall–Kier alpha value is -2.07. The summed E-state index contributed by atoms with van der Waals surface area (Å²) < 4.78 is 0. The van der Waals surface area contributed by atoms with Gasteiger partial charge < -0.3 is 9.88 Å². The van der Waals surface area contributed by atoms with Crippen LogP contribution >= 0.6 is 11.6 Å². The first-order valence-electron chi connectivity index (χ1n) is 6.16. The van der Waals surface area contributed by atoms with E-state index < -0.39 is 0 Å². The summed E-state index contributed by atoms with van der Waals surface area (Å²) >= 11 is 5.91. The summed E-state index contributed by atoms with van der Waals surface area (Å²) in [7, 11) is 1.66. The van der Waals surface area contributed by atoms with Crippen LogP contribution in [0.15, 0.2) is 41.3 Å². The molecule has 1 heterocycles. The summed E-state index contributed by atoms with van der Waals surface area (Å²) in [5, 5.41) is 0.622. The number of benzene rings is 1. The molecule has 0 atom stereocenters. The third kappa shape index (κ3) is 3.27. The summed E-state index contributed by atoms with van der Waals surface area (Å²) in [5.41, 5.74) is 1.50. The second-order valence-electron chi connectivity index (χ2n) is 4.69. The first kappa shape index (κ1) is 14.3. The van der Waals surface area contributed by atoms with Crippen LogP contribution in [0.4, 0.5) is 0 Å². The van der Waals surface area contributed by atoms with Crippen molar-refractivity contribution in [3.63, 3.8) is 0 Å². The van der Waals surface area contributed by atoms with Crippen molar-refractivity contribution in [2.75, 3.05) is 7.05 Å². The third-order valence-electron chi connectivity index (χ3n) is 2.94. The molecule has 2 rings (SSSR count). The summed E-state index contributed by atoms with van der Waals surface area (Å²) in [5.74, 6) is -0.314. The Morgan fingerprint density at radius 1 is 1.35 bits per heavy atom. The molecule has 0 aliphatic carbocycles. The molecular weight excluding hydrogens is 276 g/mol. The molecule has 1 amide bonds. The van der Waals surface area contributed by atoms with E-state index in [9.17, 15) is 9.59 Å². The lowest BCUT2D eigenvalue weighted by atomic mass is 10.2. The van der Waals surface area contributed by atoms with E-state index >= 15 is 0 Å². The molecule has 0 aliphatic heterocycles. The standard InChI is InChI=1S/C15H15ClN2O2/c1-10-6-14(19)13(8-17-10)15(20)18(2)9-11-4-3-5-12(16)7-11/h3-8H,9H2,1-2H3,(H,17,19). The van der Waals surface area contributed by atoms with Crippen LogP contribution in [0, 0.1) is 6.92 Å². The molecule has 104 valence electrons. The van der Waals surface area contributed by atoms with Crippen molar-refractivity contribution >= 4 is 17.5 Å². The number of amides is 1. The van der Waals surface area contributed by atoms with Crippen molar-refractivity contribution in [2.45, 2.75) is 13.5 Å². The van der Waals surface area contributed by atoms with E-state index in [0.29, 0.717) is 11.6 Å². The molecule has 1 aromatic carbocycles. The monoisotopic (exact) mass is 290 g/mol. The fraction of sp³-hybridized carbons (Fsp3) is 0.200. The van der Waals surface area contributed by atoms with E-state index in [2.05, 4.69) is 4.98 Å². The van der Waals surface area contributed by atoms with Crippen molar-refractivity contribution in [1.29, 1.82) is 0 Å². The van der Waals surface area contributed by atoms with Crippen LogP contribution in [-0.4, -0.2) is 22.8 Å². The van der Waals surface area contributed by atoms with Crippen molar-refractivity contribution in [1.82, 2.24) is 9.88 Å². The van der Waals surface area contributed by atoms with Crippen molar-refractivity contribution < 1.29 is 4.79 Å². The van der Waals surface area contributed by atoms with E-state index in [-0.39, 0.29) is 16.9 Å². The Balaban J connectivity index is 2.18. The molecule has 4 nitrogen and oxygen atoms in total. The molecule has 2 aromatic rings. The minimum absolute atomic E-state index is 0.139. The zero-order valence-electron chi connectivity index (χ0n) is 11.3. The summed E-state index contributed by atoms with van der Waals surface area (Å²) in [6.45, 7) is 2.16. The molecular formula is C15H15ClN2O2. The number of hydrogen-bond donors (Lipinski definition) is 1. The zero-order chi connectivity index (χ0) is 14.7. The highest BCUT2D eigenvalue weighted by atomic mass is 35.5. The average Bonchev–Trinajstić information content (AvgIpc) is 2.38. The lowest BCUT2D eigenvalue weighted by Gasteiger charge is -2.17. The van der Waals surface area contributed by atoms with Gasteiger partial charge in [0.1, 0.15) is 5.56 Å². The van der Waals surface area contributed by atoms with Crippen LogP contribution in [0.3, 0.4) is 0 Å². The quantitative estimate of drug-likeness (QED) is 0.945. The molecule has 0 bridgehead atoms. The molecule has 0 fully saturated rings. The number of aromatic nitrogens is 1. The number of nitrogens with one attached hydrogen (secondary N) is 1. The minimum Gasteiger partial charge on any atom is -0.364 e. The number of carbonyl (C=O) groups is 1. The molecule has 0 unspecified atom stereocenters. The van der Waals surface area contributed by atoms with Gasteiger partial charge in [-0.25, -0.2) is 0 Å². The van der Waals surface area contributed by atoms with Crippen molar-refractivity contribution in [2.24, 2.45) is 0 Å². The Labute approximate surface area is 122 Å². The SMILES string of the molecule is Cc1cc(=O)c(C(=O)N(C)Cc2cccc(Cl)c2)c[nH]1. The maximum atomic E-state index is 12.2. The van der Waals surface area contributed by atoms with Gasteiger partial charge in [0.2, 0.25) is 0 Å². The fourth-order valence-electron chi connectivity index (χ4n) is 1.93. The van der Waals surface area contributed by atoms with Crippen LogP contribution in [-0.2, 0) is 6.54 Å². The van der Waals surface area contributed by atoms with E-state index in [4.69, 9.17) is 11.6 Å². The van der Waals surface area contributed by atoms with Gasteiger partial charge in [-0.3, -0.25) is 9.59 Å². The second kappa shape index (κ2) is 5.92. The second-order valence-corrected chi connectivity index (χ2v) is 5.12. The average molecular weight is 291 g/mol. The van der Waals surface area contributed by atoms with Gasteiger partial charge in [0, 0.05) is 36.6 Å². The molecule has 0 saturated carbocycles. The van der Waals surface area contributed by atoms with E-state index in [1.54, 1.807) is 26.1 Å². The first-order chi connectivity index (χ1) is 9.47. The van der Waals surface area contributed by atoms with E-state index in [0.717, 1.165) is 11.3 Å². The van der Waals surface area contributed by atoms with Crippen LogP contribution in [0.2, 0.25) is 5.02 Å². The highest BCUT2D eigenvalue weighted by molar-refractivity contribution is 6.30. The van der Waals surface area contributed by atoms with Gasteiger partial charge in [-0.1, -0.05) is 23.7 Å². The number of H-pyrrole nitrogens is 1. The Morgan fingerprint density at radius 2 is 2.10 bits per heavy atom. The molecule has 0 spiro atoms. The van der Waals surface area contributed by atoms with Gasteiger partial charge in [0.05, 0.1) is 0 Å². The predicted molar refractivity (Wildman–Crippen MR) is 79.0 cm³/mol. The van der Waals surface area contributed by atoms with Gasteiger partial charge in [0.25, 0.3) is 5.91 Å². The van der Waals surface area contributed by atoms with Gasteiger partial charge in [-0.05, 0) is 24.6 Å². The normalized spacial score (nSPS) is 10.3. The largest absolute Gasteiger partial charge is 0.364 e. The molecule has 1 aromatic heterocycles. The van der Waals surface area contributed by atoms with Crippen LogP contribution in [0.5, 0.6) is 0 Å². The fourth-order valence-corrected chi connectivity index (χ4v) is 2.14. The zero-order valence-corrected chi connectivity index (χ0v) is 12.1. The number of pyridine rings is 1. The predicted octanol–water partition coefficient (Wildman–Crippen LogP) is 2.61. The lowest BCUT2D eigenvalue weighted by molar-refractivity contribution is 0.0783. The summed E-state index contributed by atoms with van der Waals surface area (Å²) in [4.78, 5) is 28.4. The maximum Gasteiger partial charge on any atom is 0.259 e. The van der Waals surface area contributed by atoms with Gasteiger partial charge in [-0.15, -0.1) is 0 Å². The van der Waals surface area contributed by atoms with E-state index in [1.807, 2.05) is 12.1 Å². The molecule has 1 N–H and O–H groups in total. The number of rotatable bonds is 3. The molecule has 0 radical (unpaired) electrons. The summed E-state index contributed by atoms with van der Waals surface area (Å²) in [6.07, 6.45) is 1.45. The lowest BCUT2D eigenvalue weighted by Crippen LogP contribution is -2.30. The molecule has 0 aliphatic rings. The topological polar surface area (TPSA) is 53.2 Å². The molecule has 5 heteroatoms. The smallest absolute Gasteiger partial charge is 0.259 e. The summed E-state index contributed by atoms with van der Waals surface area (Å²) in [6, 6.07) is 8.70. The first-order valence-corrected chi connectivity index (χ1v) is 6.54. The number of aromatic amines is 1. The van der Waals surface area contributed by atoms with E-state index in [1.165, 1.54) is 17.2 Å². The van der Waals surface area contributed by atoms with Crippen LogP contribution in [0.1, 0.15) is 21.6 Å². The van der Waals surface area contributed by atoms with Gasteiger partial charge >= 0.3 is 0 Å². The number of hydrogen-bond acceptors (Lipinski definition) is 2. The van der Waals surface area contributed by atoms with Crippen LogP contribution < -0.4 is 5.43 Å². The number of aryl methyl sites for hydroxylation is 1. The highest BCUT2D eigenvalue weighted by Crippen LogP contribution is 2.12. The highest BCUT2D eigenvalue weighted by Gasteiger charge is 2.15. The Kier molecular flexibility index (Phi) is 4.25. The number of halogens is 1. The van der Waals surface area contributed by atoms with Gasteiger partial charge in [-0.2, -0.15) is 0 Å². The Morgan fingerprint density at radius 3 is 2.75 bits per heavy atom. The molecule has 20 heavy (non-hydrogen) atoms. The maximum absolute atomic E-state index is 12.2. The molecule has 0 saturated heterocycles. The van der Waals surface area contributed by atoms with Gasteiger partial charge in [0.15, 0.2) is 5.43 Å². The Bertz CT molecular complexity index is 694.